The second kappa shape index (κ2) is 4.13. The molecule has 1 aromatic carbocycles. The second-order valence-electron chi connectivity index (χ2n) is 3.31. The van der Waals surface area contributed by atoms with E-state index in [0.29, 0.717) is 6.42 Å². The number of hydrogen-bond acceptors (Lipinski definition) is 3. The molecular weight excluding hydrogens is 195 g/mol. The third kappa shape index (κ3) is 2.56. The summed E-state index contributed by atoms with van der Waals surface area (Å²) in [7, 11) is 0. The topological polar surface area (TPSA) is 52.0 Å². The minimum absolute atomic E-state index is 0.171. The molecule has 0 bridgehead atoms. The van der Waals surface area contributed by atoms with Gasteiger partial charge in [-0.2, -0.15) is 4.98 Å². The van der Waals surface area contributed by atoms with E-state index in [1.165, 1.54) is 18.4 Å². The molecule has 0 aliphatic rings. The van der Waals surface area contributed by atoms with E-state index in [2.05, 4.69) is 4.98 Å². The van der Waals surface area contributed by atoms with Gasteiger partial charge in [-0.15, -0.1) is 0 Å². The van der Waals surface area contributed by atoms with E-state index in [-0.39, 0.29) is 11.8 Å². The van der Waals surface area contributed by atoms with Crippen molar-refractivity contribution < 1.29 is 8.81 Å². The first kappa shape index (κ1) is 9.71. The van der Waals surface area contributed by atoms with E-state index in [1.54, 1.807) is 6.07 Å². The van der Waals surface area contributed by atoms with Crippen LogP contribution in [0.2, 0.25) is 0 Å². The van der Waals surface area contributed by atoms with Crippen molar-refractivity contribution in [1.82, 2.24) is 4.98 Å². The Bertz CT molecular complexity index is 453. The minimum atomic E-state index is -0.216. The van der Waals surface area contributed by atoms with Crippen LogP contribution in [0.5, 0.6) is 0 Å². The molecule has 78 valence electrons. The van der Waals surface area contributed by atoms with Crippen LogP contribution < -0.4 is 5.73 Å². The van der Waals surface area contributed by atoms with Crippen LogP contribution in [-0.2, 0) is 12.8 Å². The quantitative estimate of drug-likeness (QED) is 0.837. The summed E-state index contributed by atoms with van der Waals surface area (Å²) in [5.41, 5.74) is 7.06. The van der Waals surface area contributed by atoms with Crippen LogP contribution in [0.25, 0.3) is 0 Å². The van der Waals surface area contributed by atoms with E-state index < -0.39 is 0 Å². The lowest BCUT2D eigenvalue weighted by molar-refractivity contribution is 0.578. The number of oxazole rings is 1. The van der Waals surface area contributed by atoms with Crippen molar-refractivity contribution in [2.24, 2.45) is 0 Å². The Morgan fingerprint density at radius 1 is 1.33 bits per heavy atom. The van der Waals surface area contributed by atoms with E-state index >= 15 is 0 Å². The average Bonchev–Trinajstić information content (AvgIpc) is 2.62. The zero-order chi connectivity index (χ0) is 10.7. The van der Waals surface area contributed by atoms with Crippen LogP contribution in [0.15, 0.2) is 34.9 Å². The lowest BCUT2D eigenvalue weighted by Crippen LogP contribution is -1.93. The Hall–Kier alpha value is -1.84. The van der Waals surface area contributed by atoms with Gasteiger partial charge in [0.2, 0.25) is 0 Å². The number of nitrogens with two attached hydrogens (primary N) is 1. The Labute approximate surface area is 86.7 Å². The van der Waals surface area contributed by atoms with E-state index in [9.17, 15) is 4.39 Å². The van der Waals surface area contributed by atoms with Gasteiger partial charge in [0.1, 0.15) is 12.1 Å². The summed E-state index contributed by atoms with van der Waals surface area (Å²) in [6, 6.07) is 6.69. The van der Waals surface area contributed by atoms with E-state index in [1.807, 2.05) is 6.07 Å². The molecule has 1 aromatic heterocycles. The van der Waals surface area contributed by atoms with Crippen LogP contribution in [0.3, 0.4) is 0 Å². The van der Waals surface area contributed by atoms with Crippen LogP contribution in [0.1, 0.15) is 11.3 Å². The normalized spacial score (nSPS) is 10.5. The molecule has 0 amide bonds. The van der Waals surface area contributed by atoms with Crippen molar-refractivity contribution in [3.63, 3.8) is 0 Å². The molecule has 0 atom stereocenters. The van der Waals surface area contributed by atoms with Gasteiger partial charge >= 0.3 is 0 Å². The zero-order valence-electron chi connectivity index (χ0n) is 8.11. The van der Waals surface area contributed by atoms with Gasteiger partial charge in [-0.25, -0.2) is 4.39 Å². The third-order valence-electron chi connectivity index (χ3n) is 2.13. The number of aromatic nitrogens is 1. The molecule has 2 rings (SSSR count). The number of nitrogens with zero attached hydrogens (tertiary/aromatic N) is 1. The summed E-state index contributed by atoms with van der Waals surface area (Å²) in [6.07, 6.45) is 2.95. The molecule has 0 fully saturated rings. The molecule has 1 heterocycles. The van der Waals surface area contributed by atoms with Crippen molar-refractivity contribution in [1.29, 1.82) is 0 Å². The molecule has 0 spiro atoms. The highest BCUT2D eigenvalue weighted by Crippen LogP contribution is 2.09. The molecular formula is C11H11FN2O. The number of rotatable bonds is 3. The average molecular weight is 206 g/mol. The van der Waals surface area contributed by atoms with E-state index in [4.69, 9.17) is 10.2 Å². The van der Waals surface area contributed by atoms with Gasteiger partial charge in [-0.3, -0.25) is 0 Å². The molecule has 0 saturated carbocycles. The Balaban J connectivity index is 1.99. The summed E-state index contributed by atoms with van der Waals surface area (Å²) in [5.74, 6) is -0.216. The van der Waals surface area contributed by atoms with Crippen molar-refractivity contribution in [3.05, 3.63) is 47.6 Å². The van der Waals surface area contributed by atoms with Crippen LogP contribution in [0.4, 0.5) is 10.4 Å². The molecule has 0 saturated heterocycles. The minimum Gasteiger partial charge on any atom is -0.432 e. The lowest BCUT2D eigenvalue weighted by Gasteiger charge is -1.98. The number of halogens is 1. The fraction of sp³-hybridized carbons (Fsp3) is 0.182. The predicted octanol–water partition coefficient (Wildman–Crippen LogP) is 2.18. The fourth-order valence-electron chi connectivity index (χ4n) is 1.40. The molecule has 2 aromatic rings. The monoisotopic (exact) mass is 206 g/mol. The Morgan fingerprint density at radius 3 is 2.87 bits per heavy atom. The summed E-state index contributed by atoms with van der Waals surface area (Å²) < 4.78 is 17.7. The summed E-state index contributed by atoms with van der Waals surface area (Å²) in [4.78, 5) is 3.97. The third-order valence-corrected chi connectivity index (χ3v) is 2.13. The zero-order valence-corrected chi connectivity index (χ0v) is 8.11. The lowest BCUT2D eigenvalue weighted by atomic mass is 10.1. The van der Waals surface area contributed by atoms with Gasteiger partial charge in [0.05, 0.1) is 5.69 Å². The van der Waals surface area contributed by atoms with Gasteiger partial charge < -0.3 is 10.2 Å². The Morgan fingerprint density at radius 2 is 2.20 bits per heavy atom. The summed E-state index contributed by atoms with van der Waals surface area (Å²) in [5, 5.41) is 0. The van der Waals surface area contributed by atoms with Crippen LogP contribution in [-0.4, -0.2) is 4.98 Å². The smallest absolute Gasteiger partial charge is 0.292 e. The highest BCUT2D eigenvalue weighted by atomic mass is 19.1. The number of aryl methyl sites for hydroxylation is 2. The van der Waals surface area contributed by atoms with Crippen molar-refractivity contribution in [2.45, 2.75) is 12.8 Å². The maximum absolute atomic E-state index is 12.8. The van der Waals surface area contributed by atoms with Crippen LogP contribution in [0, 0.1) is 5.82 Å². The molecule has 0 radical (unpaired) electrons. The SMILES string of the molecule is Nc1nc(CCc2cccc(F)c2)co1. The van der Waals surface area contributed by atoms with Crippen molar-refractivity contribution in [2.75, 3.05) is 5.73 Å². The highest BCUT2D eigenvalue weighted by Gasteiger charge is 2.01. The summed E-state index contributed by atoms with van der Waals surface area (Å²) in [6.45, 7) is 0. The molecule has 0 aliphatic heterocycles. The first-order chi connectivity index (χ1) is 7.24. The number of hydrogen-bond donors (Lipinski definition) is 1. The van der Waals surface area contributed by atoms with Gasteiger partial charge in [0.25, 0.3) is 6.01 Å². The van der Waals surface area contributed by atoms with Gasteiger partial charge in [0, 0.05) is 0 Å². The molecule has 2 N–H and O–H groups in total. The number of nitrogen functional groups attached to an aromatic ring is 1. The molecule has 15 heavy (non-hydrogen) atoms. The first-order valence-corrected chi connectivity index (χ1v) is 4.68. The molecule has 0 aliphatic carbocycles. The van der Waals surface area contributed by atoms with Gasteiger partial charge in [-0.1, -0.05) is 12.1 Å². The summed E-state index contributed by atoms with van der Waals surface area (Å²) >= 11 is 0. The maximum atomic E-state index is 12.8. The Kier molecular flexibility index (Phi) is 2.67. The van der Waals surface area contributed by atoms with Crippen LogP contribution >= 0.6 is 0 Å². The number of benzene rings is 1. The van der Waals surface area contributed by atoms with Crippen molar-refractivity contribution in [3.8, 4) is 0 Å². The second-order valence-corrected chi connectivity index (χ2v) is 3.31. The first-order valence-electron chi connectivity index (χ1n) is 4.68. The fourth-order valence-corrected chi connectivity index (χ4v) is 1.40. The molecule has 0 unspecified atom stereocenters. The van der Waals surface area contributed by atoms with E-state index in [0.717, 1.165) is 17.7 Å². The highest BCUT2D eigenvalue weighted by molar-refractivity contribution is 5.18. The van der Waals surface area contributed by atoms with Gasteiger partial charge in [-0.05, 0) is 30.5 Å². The largest absolute Gasteiger partial charge is 0.432 e. The maximum Gasteiger partial charge on any atom is 0.292 e. The molecule has 4 heteroatoms. The standard InChI is InChI=1S/C11H11FN2O/c12-9-3-1-2-8(6-9)4-5-10-7-15-11(13)14-10/h1-3,6-7H,4-5H2,(H2,13,14). The molecule has 3 nitrogen and oxygen atoms in total. The van der Waals surface area contributed by atoms with Gasteiger partial charge in [0.15, 0.2) is 0 Å². The number of anilines is 1. The predicted molar refractivity (Wildman–Crippen MR) is 54.7 cm³/mol. The van der Waals surface area contributed by atoms with Crippen molar-refractivity contribution >= 4 is 6.01 Å².